The van der Waals surface area contributed by atoms with Crippen molar-refractivity contribution in [3.63, 3.8) is 0 Å². The summed E-state index contributed by atoms with van der Waals surface area (Å²) in [7, 11) is 0. The summed E-state index contributed by atoms with van der Waals surface area (Å²) in [5.41, 5.74) is 8.93. The third-order valence-corrected chi connectivity index (χ3v) is 4.65. The smallest absolute Gasteiger partial charge is 0.0402 e. The third kappa shape index (κ3) is 3.73. The van der Waals surface area contributed by atoms with Crippen LogP contribution in [0.25, 0.3) is 0 Å². The molecule has 2 unspecified atom stereocenters. The van der Waals surface area contributed by atoms with Gasteiger partial charge in [-0.1, -0.05) is 22.9 Å². The Morgan fingerprint density at radius 1 is 1.42 bits per heavy atom. The first-order valence-electron chi connectivity index (χ1n) is 7.42. The van der Waals surface area contributed by atoms with Crippen molar-refractivity contribution in [2.45, 2.75) is 58.0 Å². The SMILES string of the molecule is CCC(N)Cc1cc(Br)ccc1N1CCCCC1C. The lowest BCUT2D eigenvalue weighted by molar-refractivity contribution is 0.483. The molecule has 2 atom stereocenters. The summed E-state index contributed by atoms with van der Waals surface area (Å²) in [4.78, 5) is 2.56. The fourth-order valence-electron chi connectivity index (χ4n) is 2.88. The maximum Gasteiger partial charge on any atom is 0.0402 e. The number of nitrogens with two attached hydrogens (primary N) is 1. The van der Waals surface area contributed by atoms with E-state index in [1.54, 1.807) is 0 Å². The Hall–Kier alpha value is -0.540. The van der Waals surface area contributed by atoms with E-state index < -0.39 is 0 Å². The number of rotatable bonds is 4. The van der Waals surface area contributed by atoms with Gasteiger partial charge in [0, 0.05) is 28.8 Å². The molecule has 106 valence electrons. The van der Waals surface area contributed by atoms with E-state index in [0.29, 0.717) is 6.04 Å². The van der Waals surface area contributed by atoms with E-state index in [9.17, 15) is 0 Å². The number of nitrogens with zero attached hydrogens (tertiary/aromatic N) is 1. The molecule has 0 spiro atoms. The Morgan fingerprint density at radius 3 is 2.89 bits per heavy atom. The summed E-state index contributed by atoms with van der Waals surface area (Å²) in [5, 5.41) is 0. The van der Waals surface area contributed by atoms with Crippen molar-refractivity contribution >= 4 is 21.6 Å². The van der Waals surface area contributed by atoms with Crippen LogP contribution in [0.3, 0.4) is 0 Å². The summed E-state index contributed by atoms with van der Waals surface area (Å²) < 4.78 is 1.15. The Morgan fingerprint density at radius 2 is 2.21 bits per heavy atom. The van der Waals surface area contributed by atoms with E-state index in [-0.39, 0.29) is 6.04 Å². The van der Waals surface area contributed by atoms with Crippen LogP contribution in [0.2, 0.25) is 0 Å². The molecular formula is C16H25BrN2. The molecule has 0 amide bonds. The molecule has 2 N–H and O–H groups in total. The zero-order valence-corrected chi connectivity index (χ0v) is 13.6. The lowest BCUT2D eigenvalue weighted by Gasteiger charge is -2.37. The summed E-state index contributed by atoms with van der Waals surface area (Å²) in [5.74, 6) is 0. The van der Waals surface area contributed by atoms with Crippen molar-refractivity contribution < 1.29 is 0 Å². The Labute approximate surface area is 125 Å². The molecule has 19 heavy (non-hydrogen) atoms. The first kappa shape index (κ1) is 14.9. The minimum absolute atomic E-state index is 0.258. The summed E-state index contributed by atoms with van der Waals surface area (Å²) in [6.45, 7) is 5.67. The molecule has 0 saturated carbocycles. The predicted molar refractivity (Wildman–Crippen MR) is 86.8 cm³/mol. The second kappa shape index (κ2) is 6.76. The quantitative estimate of drug-likeness (QED) is 0.903. The number of anilines is 1. The second-order valence-electron chi connectivity index (χ2n) is 5.68. The fraction of sp³-hybridized carbons (Fsp3) is 0.625. The molecule has 1 heterocycles. The van der Waals surface area contributed by atoms with Gasteiger partial charge >= 0.3 is 0 Å². The van der Waals surface area contributed by atoms with E-state index in [0.717, 1.165) is 17.3 Å². The van der Waals surface area contributed by atoms with Gasteiger partial charge in [0.2, 0.25) is 0 Å². The van der Waals surface area contributed by atoms with Gasteiger partial charge in [-0.15, -0.1) is 0 Å². The molecule has 0 radical (unpaired) electrons. The number of benzene rings is 1. The number of hydrogen-bond acceptors (Lipinski definition) is 2. The summed E-state index contributed by atoms with van der Waals surface area (Å²) in [6, 6.07) is 7.55. The van der Waals surface area contributed by atoms with E-state index in [4.69, 9.17) is 5.73 Å². The molecule has 1 aromatic carbocycles. The zero-order chi connectivity index (χ0) is 13.8. The molecule has 2 rings (SSSR count). The van der Waals surface area contributed by atoms with Crippen molar-refractivity contribution in [3.05, 3.63) is 28.2 Å². The van der Waals surface area contributed by atoms with E-state index >= 15 is 0 Å². The number of halogens is 1. The molecule has 1 aliphatic heterocycles. The van der Waals surface area contributed by atoms with Gasteiger partial charge in [-0.3, -0.25) is 0 Å². The lowest BCUT2D eigenvalue weighted by atomic mass is 9.98. The van der Waals surface area contributed by atoms with Gasteiger partial charge in [0.05, 0.1) is 0 Å². The van der Waals surface area contributed by atoms with Crippen LogP contribution in [0.5, 0.6) is 0 Å². The molecule has 0 aromatic heterocycles. The topological polar surface area (TPSA) is 29.3 Å². The highest BCUT2D eigenvalue weighted by Gasteiger charge is 2.21. The van der Waals surface area contributed by atoms with Crippen molar-refractivity contribution in [2.75, 3.05) is 11.4 Å². The molecule has 1 saturated heterocycles. The first-order chi connectivity index (χ1) is 9.11. The molecule has 3 heteroatoms. The second-order valence-corrected chi connectivity index (χ2v) is 6.60. The molecule has 0 aliphatic carbocycles. The largest absolute Gasteiger partial charge is 0.369 e. The van der Waals surface area contributed by atoms with Crippen LogP contribution in [0.15, 0.2) is 22.7 Å². The van der Waals surface area contributed by atoms with Crippen LogP contribution in [0.1, 0.15) is 45.1 Å². The van der Waals surface area contributed by atoms with Gasteiger partial charge in [0.15, 0.2) is 0 Å². The zero-order valence-electron chi connectivity index (χ0n) is 12.0. The van der Waals surface area contributed by atoms with Gasteiger partial charge in [-0.2, -0.15) is 0 Å². The summed E-state index contributed by atoms with van der Waals surface area (Å²) >= 11 is 3.59. The van der Waals surface area contributed by atoms with Crippen molar-refractivity contribution in [3.8, 4) is 0 Å². The monoisotopic (exact) mass is 324 g/mol. The van der Waals surface area contributed by atoms with Crippen molar-refractivity contribution in [1.82, 2.24) is 0 Å². The van der Waals surface area contributed by atoms with Gasteiger partial charge < -0.3 is 10.6 Å². The predicted octanol–water partition coefficient (Wildman–Crippen LogP) is 4.11. The minimum Gasteiger partial charge on any atom is -0.369 e. The van der Waals surface area contributed by atoms with Gasteiger partial charge in [-0.05, 0) is 62.8 Å². The minimum atomic E-state index is 0.258. The first-order valence-corrected chi connectivity index (χ1v) is 8.21. The maximum atomic E-state index is 6.15. The standard InChI is InChI=1S/C16H25BrN2/c1-3-15(18)11-13-10-14(17)7-8-16(13)19-9-5-4-6-12(19)2/h7-8,10,12,15H,3-6,9,11,18H2,1-2H3. The average molecular weight is 325 g/mol. The molecule has 1 fully saturated rings. The molecule has 1 aromatic rings. The lowest BCUT2D eigenvalue weighted by Crippen LogP contribution is -2.38. The van der Waals surface area contributed by atoms with Crippen LogP contribution >= 0.6 is 15.9 Å². The van der Waals surface area contributed by atoms with Crippen molar-refractivity contribution in [1.29, 1.82) is 0 Å². The van der Waals surface area contributed by atoms with Crippen LogP contribution < -0.4 is 10.6 Å². The maximum absolute atomic E-state index is 6.15. The number of hydrogen-bond donors (Lipinski definition) is 1. The highest BCUT2D eigenvalue weighted by atomic mass is 79.9. The van der Waals surface area contributed by atoms with Gasteiger partial charge in [0.1, 0.15) is 0 Å². The highest BCUT2D eigenvalue weighted by Crippen LogP contribution is 2.30. The van der Waals surface area contributed by atoms with Gasteiger partial charge in [-0.25, -0.2) is 0 Å². The normalized spacial score (nSPS) is 21.5. The van der Waals surface area contributed by atoms with E-state index in [1.165, 1.54) is 37.1 Å². The van der Waals surface area contributed by atoms with Crippen molar-refractivity contribution in [2.24, 2.45) is 5.73 Å². The van der Waals surface area contributed by atoms with Crippen LogP contribution in [-0.2, 0) is 6.42 Å². The fourth-order valence-corrected chi connectivity index (χ4v) is 3.29. The average Bonchev–Trinajstić information content (AvgIpc) is 2.40. The van der Waals surface area contributed by atoms with E-state index in [2.05, 4.69) is 52.9 Å². The molecule has 0 bridgehead atoms. The Kier molecular flexibility index (Phi) is 5.28. The molecule has 1 aliphatic rings. The summed E-state index contributed by atoms with van der Waals surface area (Å²) in [6.07, 6.45) is 5.96. The number of piperidine rings is 1. The van der Waals surface area contributed by atoms with Crippen LogP contribution in [-0.4, -0.2) is 18.6 Å². The Balaban J connectivity index is 2.27. The highest BCUT2D eigenvalue weighted by molar-refractivity contribution is 9.10. The molecular weight excluding hydrogens is 300 g/mol. The molecule has 2 nitrogen and oxygen atoms in total. The third-order valence-electron chi connectivity index (χ3n) is 4.16. The van der Waals surface area contributed by atoms with Crippen LogP contribution in [0, 0.1) is 0 Å². The van der Waals surface area contributed by atoms with Gasteiger partial charge in [0.25, 0.3) is 0 Å². The Bertz CT molecular complexity index is 419. The van der Waals surface area contributed by atoms with E-state index in [1.807, 2.05) is 0 Å². The van der Waals surface area contributed by atoms with Crippen LogP contribution in [0.4, 0.5) is 5.69 Å².